The number of aryl methyl sites for hydroxylation is 1. The molecule has 2 aromatic heterocycles. The first-order chi connectivity index (χ1) is 16.7. The van der Waals surface area contributed by atoms with Gasteiger partial charge < -0.3 is 29.3 Å². The summed E-state index contributed by atoms with van der Waals surface area (Å²) < 4.78 is 6.93. The van der Waals surface area contributed by atoms with Crippen LogP contribution in [-0.2, 0) is 6.54 Å². The van der Waals surface area contributed by atoms with E-state index in [0.29, 0.717) is 4.53 Å². The van der Waals surface area contributed by atoms with E-state index in [-0.39, 0.29) is 29.5 Å². The van der Waals surface area contributed by atoms with E-state index < -0.39 is 0 Å². The molecule has 0 saturated carbocycles. The lowest BCUT2D eigenvalue weighted by atomic mass is 10.3. The van der Waals surface area contributed by atoms with Crippen molar-refractivity contribution < 1.29 is 28.5 Å². The summed E-state index contributed by atoms with van der Waals surface area (Å²) in [5.41, 5.74) is 3.07. The fourth-order valence-electron chi connectivity index (χ4n) is 3.84. The largest absolute Gasteiger partial charge is 1.00 e. The van der Waals surface area contributed by atoms with Gasteiger partial charge in [0.05, 0.1) is 16.3 Å². The number of allylic oxidation sites excluding steroid dienone is 1. The number of benzene rings is 3. The predicted molar refractivity (Wildman–Crippen MR) is 144 cm³/mol. The lowest BCUT2D eigenvalue weighted by Gasteiger charge is -2.00. The van der Waals surface area contributed by atoms with E-state index in [4.69, 9.17) is 0 Å². The van der Waals surface area contributed by atoms with Gasteiger partial charge in [0.25, 0.3) is 10.6 Å². The summed E-state index contributed by atoms with van der Waals surface area (Å²) in [7, 11) is 0. The van der Waals surface area contributed by atoms with E-state index in [1.54, 1.807) is 15.9 Å². The third-order valence-electron chi connectivity index (χ3n) is 5.43. The van der Waals surface area contributed by atoms with Gasteiger partial charge in [-0.15, -0.1) is 11.3 Å². The van der Waals surface area contributed by atoms with Crippen LogP contribution in [0.15, 0.2) is 102 Å². The highest BCUT2D eigenvalue weighted by atomic mass is 127. The second-order valence-electron chi connectivity index (χ2n) is 7.61. The maximum atomic E-state index is 13.4. The van der Waals surface area contributed by atoms with Crippen LogP contribution in [0.5, 0.6) is 0 Å². The molecule has 0 spiro atoms. The van der Waals surface area contributed by atoms with Crippen molar-refractivity contribution in [3.63, 3.8) is 0 Å². The molecule has 0 aliphatic carbocycles. The molecule has 2 heterocycles. The number of nitrogens with one attached hydrogen (secondary N) is 1. The lowest BCUT2D eigenvalue weighted by molar-refractivity contribution is -0.665. The van der Waals surface area contributed by atoms with Crippen LogP contribution in [0, 0.1) is 0 Å². The normalized spacial score (nSPS) is 12.4. The summed E-state index contributed by atoms with van der Waals surface area (Å²) in [4.78, 5) is 13.4. The first-order valence-corrected chi connectivity index (χ1v) is 12.8. The van der Waals surface area contributed by atoms with Gasteiger partial charge in [-0.1, -0.05) is 59.9 Å². The summed E-state index contributed by atoms with van der Waals surface area (Å²) in [6.45, 7) is 3.02. The van der Waals surface area contributed by atoms with Crippen molar-refractivity contribution in [3.8, 4) is 5.69 Å². The minimum Gasteiger partial charge on any atom is -1.00 e. The Labute approximate surface area is 228 Å². The van der Waals surface area contributed by atoms with Gasteiger partial charge in [0.1, 0.15) is 15.9 Å². The molecule has 0 radical (unpaired) electrons. The average molecular weight is 610 g/mol. The number of anilines is 1. The summed E-state index contributed by atoms with van der Waals surface area (Å²) in [6, 6.07) is 28.2. The molecule has 1 N–H and O–H groups in total. The number of fused-ring (bicyclic) bond motifs is 1. The molecule has 0 saturated heterocycles. The van der Waals surface area contributed by atoms with E-state index >= 15 is 0 Å². The van der Waals surface area contributed by atoms with E-state index in [1.165, 1.54) is 21.6 Å². The van der Waals surface area contributed by atoms with Crippen LogP contribution >= 0.6 is 22.7 Å². The molecule has 5 rings (SSSR count). The first kappa shape index (κ1) is 25.1. The van der Waals surface area contributed by atoms with Crippen molar-refractivity contribution in [2.45, 2.75) is 13.5 Å². The van der Waals surface area contributed by atoms with Gasteiger partial charge in [-0.3, -0.25) is 9.36 Å². The van der Waals surface area contributed by atoms with Gasteiger partial charge in [-0.05, 0) is 49.4 Å². The Kier molecular flexibility index (Phi) is 8.33. The van der Waals surface area contributed by atoms with E-state index in [0.717, 1.165) is 27.6 Å². The van der Waals surface area contributed by atoms with Gasteiger partial charge in [-0.25, -0.2) is 0 Å². The minimum absolute atomic E-state index is 0. The molecule has 4 nitrogen and oxygen atoms in total. The summed E-state index contributed by atoms with van der Waals surface area (Å²) >= 11 is 3.25. The van der Waals surface area contributed by atoms with Crippen LogP contribution in [-0.4, -0.2) is 4.57 Å². The second kappa shape index (κ2) is 11.6. The zero-order valence-electron chi connectivity index (χ0n) is 19.1. The number of hydrogen-bond acceptors (Lipinski definition) is 4. The lowest BCUT2D eigenvalue weighted by Crippen LogP contribution is -3.00. The molecule has 0 bridgehead atoms. The Morgan fingerprint density at radius 1 is 0.914 bits per heavy atom. The molecule has 0 aliphatic heterocycles. The van der Waals surface area contributed by atoms with Crippen LogP contribution in [0.2, 0.25) is 0 Å². The molecule has 0 aliphatic rings. The third-order valence-corrected chi connectivity index (χ3v) is 7.58. The number of nitrogens with zero attached hydrogens (tertiary/aromatic N) is 2. The fraction of sp³-hybridized carbons (Fsp3) is 0.0714. The Bertz CT molecular complexity index is 1630. The van der Waals surface area contributed by atoms with E-state index in [9.17, 15) is 4.79 Å². The van der Waals surface area contributed by atoms with Crippen molar-refractivity contribution in [2.24, 2.45) is 0 Å². The molecule has 0 amide bonds. The topological polar surface area (TPSA) is 37.9 Å². The van der Waals surface area contributed by atoms with E-state index in [1.807, 2.05) is 79.0 Å². The van der Waals surface area contributed by atoms with Crippen LogP contribution in [0.25, 0.3) is 28.1 Å². The molecule has 7 heteroatoms. The maximum Gasteiger partial charge on any atom is 0.273 e. The highest BCUT2D eigenvalue weighted by Crippen LogP contribution is 2.20. The van der Waals surface area contributed by atoms with Gasteiger partial charge in [0, 0.05) is 18.0 Å². The van der Waals surface area contributed by atoms with E-state index in [2.05, 4.69) is 47.1 Å². The summed E-state index contributed by atoms with van der Waals surface area (Å²) in [6.07, 6.45) is 7.74. The number of aromatic nitrogens is 2. The quantitative estimate of drug-likeness (QED) is 0.235. The molecule has 0 fully saturated rings. The smallest absolute Gasteiger partial charge is 0.273 e. The molecular formula is C28H24IN3OS2. The van der Waals surface area contributed by atoms with Crippen molar-refractivity contribution in [1.29, 1.82) is 0 Å². The number of halogens is 1. The average Bonchev–Trinajstić information content (AvgIpc) is 3.39. The molecule has 35 heavy (non-hydrogen) atoms. The zero-order valence-corrected chi connectivity index (χ0v) is 22.9. The summed E-state index contributed by atoms with van der Waals surface area (Å²) in [5, 5.41) is 4.36. The maximum absolute atomic E-state index is 13.4. The Morgan fingerprint density at radius 3 is 2.34 bits per heavy atom. The molecule has 5 aromatic rings. The molecule has 176 valence electrons. The highest BCUT2D eigenvalue weighted by Gasteiger charge is 2.17. The molecule has 0 atom stereocenters. The van der Waals surface area contributed by atoms with Crippen LogP contribution in [0.1, 0.15) is 11.9 Å². The Morgan fingerprint density at radius 2 is 1.60 bits per heavy atom. The van der Waals surface area contributed by atoms with Gasteiger partial charge >= 0.3 is 0 Å². The highest BCUT2D eigenvalue weighted by molar-refractivity contribution is 7.19. The number of rotatable bonds is 6. The van der Waals surface area contributed by atoms with Crippen molar-refractivity contribution in [3.05, 3.63) is 122 Å². The number of para-hydroxylation sites is 3. The fourth-order valence-corrected chi connectivity index (χ4v) is 6.08. The predicted octanol–water partition coefficient (Wildman–Crippen LogP) is 1.66. The summed E-state index contributed by atoms with van der Waals surface area (Å²) in [5.74, 6) is 0. The zero-order chi connectivity index (χ0) is 23.3. The minimum atomic E-state index is -0.0176. The van der Waals surface area contributed by atoms with Crippen molar-refractivity contribution in [1.82, 2.24) is 4.57 Å². The molecular weight excluding hydrogens is 585 g/mol. The van der Waals surface area contributed by atoms with Gasteiger partial charge in [0.15, 0.2) is 0 Å². The SMILES string of the molecule is CC[n+]1c(/C=c2\s/c(=C\C=C\Nc3ccccc3)c(=O)n2-c2ccccc2)sc2ccccc21.[I-]. The number of thiazole rings is 2. The van der Waals surface area contributed by atoms with Crippen molar-refractivity contribution >= 4 is 50.7 Å². The van der Waals surface area contributed by atoms with Crippen LogP contribution in [0.3, 0.4) is 0 Å². The standard InChI is InChI=1S/C28H23N3OS2.HI/c1-2-30-23-16-9-10-17-24(23)33-26(30)20-27-31(22-14-7-4-8-15-22)28(32)25(34-27)18-11-19-29-21-12-5-3-6-13-21;/h3-20H,2H2,1H3;1H. The number of hydrogen-bond donors (Lipinski definition) is 1. The Balaban J connectivity index is 0.00000289. The van der Waals surface area contributed by atoms with Crippen molar-refractivity contribution in [2.75, 3.05) is 5.32 Å². The molecule has 0 unspecified atom stereocenters. The second-order valence-corrected chi connectivity index (χ2v) is 9.74. The monoisotopic (exact) mass is 609 g/mol. The van der Waals surface area contributed by atoms with Crippen LogP contribution in [0.4, 0.5) is 5.69 Å². The molecule has 3 aromatic carbocycles. The third kappa shape index (κ3) is 5.47. The Hall–Kier alpha value is -3.01. The van der Waals surface area contributed by atoms with Crippen LogP contribution < -0.4 is 48.6 Å². The first-order valence-electron chi connectivity index (χ1n) is 11.1. The van der Waals surface area contributed by atoms with Gasteiger partial charge in [-0.2, -0.15) is 4.57 Å². The van der Waals surface area contributed by atoms with Gasteiger partial charge in [0.2, 0.25) is 5.52 Å².